The third-order valence-corrected chi connectivity index (χ3v) is 3.79. The summed E-state index contributed by atoms with van der Waals surface area (Å²) >= 11 is 0. The predicted octanol–water partition coefficient (Wildman–Crippen LogP) is 2.62. The maximum atomic E-state index is 12.2. The van der Waals surface area contributed by atoms with E-state index in [1.807, 2.05) is 39.0 Å². The van der Waals surface area contributed by atoms with Crippen LogP contribution < -0.4 is 10.6 Å². The summed E-state index contributed by atoms with van der Waals surface area (Å²) in [6, 6.07) is 5.19. The summed E-state index contributed by atoms with van der Waals surface area (Å²) in [5, 5.41) is 13.8. The normalized spacial score (nSPS) is 12.0. The zero-order chi connectivity index (χ0) is 17.8. The molecule has 0 aliphatic heterocycles. The Kier molecular flexibility index (Phi) is 4.78. The van der Waals surface area contributed by atoms with E-state index < -0.39 is 0 Å². The van der Waals surface area contributed by atoms with Crippen molar-refractivity contribution in [3.8, 4) is 5.82 Å². The van der Waals surface area contributed by atoms with Crippen molar-refractivity contribution in [3.05, 3.63) is 53.8 Å². The van der Waals surface area contributed by atoms with Crippen LogP contribution in [0.15, 0.2) is 41.3 Å². The fraction of sp³-hybridized carbons (Fsp3) is 0.294. The second-order valence-corrected chi connectivity index (χ2v) is 5.87. The first-order valence-electron chi connectivity index (χ1n) is 7.98. The van der Waals surface area contributed by atoms with Crippen molar-refractivity contribution in [2.24, 2.45) is 0 Å². The number of aryl methyl sites for hydroxylation is 2. The third kappa shape index (κ3) is 4.03. The van der Waals surface area contributed by atoms with E-state index in [4.69, 9.17) is 4.52 Å². The van der Waals surface area contributed by atoms with Crippen LogP contribution in [0.5, 0.6) is 0 Å². The number of carbonyl (C=O) groups is 1. The van der Waals surface area contributed by atoms with E-state index in [1.54, 1.807) is 23.3 Å². The first kappa shape index (κ1) is 16.7. The van der Waals surface area contributed by atoms with Crippen molar-refractivity contribution in [1.82, 2.24) is 25.2 Å². The van der Waals surface area contributed by atoms with Crippen LogP contribution in [-0.4, -0.2) is 32.0 Å². The van der Waals surface area contributed by atoms with Crippen molar-refractivity contribution < 1.29 is 9.32 Å². The van der Waals surface area contributed by atoms with Gasteiger partial charge in [-0.05, 0) is 39.3 Å². The van der Waals surface area contributed by atoms with Gasteiger partial charge < -0.3 is 15.2 Å². The Morgan fingerprint density at radius 1 is 1.36 bits per heavy atom. The highest BCUT2D eigenvalue weighted by Gasteiger charge is 2.15. The summed E-state index contributed by atoms with van der Waals surface area (Å²) in [6.45, 7) is 5.70. The topological polar surface area (TPSA) is 97.9 Å². The molecule has 3 heterocycles. The molecular weight excluding hydrogens is 320 g/mol. The molecule has 0 aromatic carbocycles. The number of carbonyl (C=O) groups excluding carboxylic acids is 1. The lowest BCUT2D eigenvalue weighted by molar-refractivity contribution is 0.249. The molecule has 2 amide bonds. The molecule has 130 valence electrons. The Hall–Kier alpha value is -3.16. The molecule has 0 aliphatic carbocycles. The maximum absolute atomic E-state index is 12.2. The van der Waals surface area contributed by atoms with Gasteiger partial charge in [-0.2, -0.15) is 5.10 Å². The van der Waals surface area contributed by atoms with Gasteiger partial charge in [0.25, 0.3) is 0 Å². The van der Waals surface area contributed by atoms with Crippen molar-refractivity contribution in [2.75, 3.05) is 5.32 Å². The Morgan fingerprint density at radius 3 is 2.88 bits per heavy atom. The molecule has 25 heavy (non-hydrogen) atoms. The molecule has 0 saturated heterocycles. The van der Waals surface area contributed by atoms with E-state index in [9.17, 15) is 4.79 Å². The number of rotatable bonds is 5. The Labute approximate surface area is 145 Å². The predicted molar refractivity (Wildman–Crippen MR) is 92.7 cm³/mol. The Morgan fingerprint density at radius 2 is 2.20 bits per heavy atom. The minimum Gasteiger partial charge on any atom is -0.361 e. The number of aromatic nitrogens is 4. The summed E-state index contributed by atoms with van der Waals surface area (Å²) in [5.41, 5.74) is 2.46. The van der Waals surface area contributed by atoms with Crippen LogP contribution in [0.4, 0.5) is 10.5 Å². The van der Waals surface area contributed by atoms with E-state index in [0.29, 0.717) is 17.9 Å². The highest BCUT2D eigenvalue weighted by molar-refractivity contribution is 5.89. The van der Waals surface area contributed by atoms with Gasteiger partial charge in [-0.3, -0.25) is 0 Å². The molecule has 3 aromatic heterocycles. The van der Waals surface area contributed by atoms with E-state index in [1.165, 1.54) is 0 Å². The first-order chi connectivity index (χ1) is 12.0. The monoisotopic (exact) mass is 340 g/mol. The smallest absolute Gasteiger partial charge is 0.319 e. The molecule has 8 nitrogen and oxygen atoms in total. The van der Waals surface area contributed by atoms with Crippen molar-refractivity contribution in [1.29, 1.82) is 0 Å². The van der Waals surface area contributed by atoms with Crippen LogP contribution in [0.25, 0.3) is 5.82 Å². The molecule has 0 saturated carbocycles. The number of nitrogens with zero attached hydrogens (tertiary/aromatic N) is 4. The van der Waals surface area contributed by atoms with Gasteiger partial charge in [0, 0.05) is 17.8 Å². The van der Waals surface area contributed by atoms with Crippen LogP contribution in [0.3, 0.4) is 0 Å². The lowest BCUT2D eigenvalue weighted by Crippen LogP contribution is -2.37. The molecule has 0 fully saturated rings. The maximum Gasteiger partial charge on any atom is 0.319 e. The average Bonchev–Trinajstić information content (AvgIpc) is 3.17. The molecule has 0 unspecified atom stereocenters. The van der Waals surface area contributed by atoms with Crippen LogP contribution >= 0.6 is 0 Å². The summed E-state index contributed by atoms with van der Waals surface area (Å²) in [7, 11) is 0. The Bertz CT molecular complexity index is 836. The van der Waals surface area contributed by atoms with Gasteiger partial charge in [-0.1, -0.05) is 11.2 Å². The largest absolute Gasteiger partial charge is 0.361 e. The highest BCUT2D eigenvalue weighted by Crippen LogP contribution is 2.14. The molecule has 0 aliphatic rings. The molecule has 1 atom stereocenters. The molecule has 3 aromatic rings. The Balaban J connectivity index is 1.57. The van der Waals surface area contributed by atoms with E-state index in [-0.39, 0.29) is 12.1 Å². The second kappa shape index (κ2) is 7.16. The summed E-state index contributed by atoms with van der Waals surface area (Å²) in [5.74, 6) is 1.46. The van der Waals surface area contributed by atoms with Gasteiger partial charge in [0.2, 0.25) is 0 Å². The lowest BCUT2D eigenvalue weighted by atomic mass is 10.1. The standard InChI is InChI=1S/C17H20N6O2/c1-11(8-15-12(2)22-25-13(15)3)20-17(24)21-14-9-19-23(10-14)16-6-4-5-7-18-16/h4-7,9-11H,8H2,1-3H3,(H2,20,21,24)/t11-/m1/s1. The van der Waals surface area contributed by atoms with E-state index in [0.717, 1.165) is 17.0 Å². The molecule has 3 rings (SSSR count). The van der Waals surface area contributed by atoms with Crippen LogP contribution in [-0.2, 0) is 6.42 Å². The highest BCUT2D eigenvalue weighted by atomic mass is 16.5. The average molecular weight is 340 g/mol. The van der Waals surface area contributed by atoms with Crippen LogP contribution in [0.2, 0.25) is 0 Å². The number of hydrogen-bond acceptors (Lipinski definition) is 5. The van der Waals surface area contributed by atoms with Crippen molar-refractivity contribution in [2.45, 2.75) is 33.2 Å². The minimum absolute atomic E-state index is 0.0670. The molecule has 8 heteroatoms. The summed E-state index contributed by atoms with van der Waals surface area (Å²) < 4.78 is 6.75. The fourth-order valence-electron chi connectivity index (χ4n) is 2.54. The number of pyridine rings is 1. The number of hydrogen-bond donors (Lipinski definition) is 2. The van der Waals surface area contributed by atoms with Crippen LogP contribution in [0.1, 0.15) is 23.9 Å². The number of nitrogens with one attached hydrogen (secondary N) is 2. The lowest BCUT2D eigenvalue weighted by Gasteiger charge is -2.13. The van der Waals surface area contributed by atoms with E-state index in [2.05, 4.69) is 25.9 Å². The van der Waals surface area contributed by atoms with Gasteiger partial charge in [-0.25, -0.2) is 14.5 Å². The number of amides is 2. The minimum atomic E-state index is -0.292. The molecule has 2 N–H and O–H groups in total. The quantitative estimate of drug-likeness (QED) is 0.744. The number of urea groups is 1. The van der Waals surface area contributed by atoms with Crippen molar-refractivity contribution >= 4 is 11.7 Å². The van der Waals surface area contributed by atoms with Gasteiger partial charge in [0.1, 0.15) is 5.76 Å². The van der Waals surface area contributed by atoms with Gasteiger partial charge in [0.05, 0.1) is 23.8 Å². The van der Waals surface area contributed by atoms with Crippen molar-refractivity contribution in [3.63, 3.8) is 0 Å². The SMILES string of the molecule is Cc1noc(C)c1C[C@@H](C)NC(=O)Nc1cnn(-c2ccccn2)c1. The van der Waals surface area contributed by atoms with Gasteiger partial charge in [0.15, 0.2) is 5.82 Å². The van der Waals surface area contributed by atoms with E-state index >= 15 is 0 Å². The summed E-state index contributed by atoms with van der Waals surface area (Å²) in [4.78, 5) is 16.4. The zero-order valence-electron chi connectivity index (χ0n) is 14.4. The molecule has 0 radical (unpaired) electrons. The zero-order valence-corrected chi connectivity index (χ0v) is 14.4. The van der Waals surface area contributed by atoms with Gasteiger partial charge in [-0.15, -0.1) is 0 Å². The fourth-order valence-corrected chi connectivity index (χ4v) is 2.54. The molecule has 0 spiro atoms. The second-order valence-electron chi connectivity index (χ2n) is 5.87. The van der Waals surface area contributed by atoms with Crippen LogP contribution in [0, 0.1) is 13.8 Å². The first-order valence-corrected chi connectivity index (χ1v) is 7.98. The third-order valence-electron chi connectivity index (χ3n) is 3.79. The summed E-state index contributed by atoms with van der Waals surface area (Å²) in [6.07, 6.45) is 5.63. The van der Waals surface area contributed by atoms with Gasteiger partial charge >= 0.3 is 6.03 Å². The molecule has 0 bridgehead atoms. The molecular formula is C17H20N6O2. The number of anilines is 1.